The van der Waals surface area contributed by atoms with E-state index in [1.165, 1.54) is 35.7 Å². The van der Waals surface area contributed by atoms with Crippen LogP contribution in [0.4, 0.5) is 5.69 Å². The van der Waals surface area contributed by atoms with Crippen LogP contribution in [0.2, 0.25) is 0 Å². The van der Waals surface area contributed by atoms with Crippen molar-refractivity contribution in [2.75, 3.05) is 44.8 Å². The standard InChI is InChI=1S/C26H36N2O6S/c1-3-5-6-21(4-2)19-33-23-9-11-24(12-10-23)34-20-26(29)27-22-7-13-25(14-8-22)35(30,31)28-15-17-32-18-16-28/h7-14,21H,3-6,15-20H2,1-2H3,(H,27,29). The number of anilines is 1. The van der Waals surface area contributed by atoms with Crippen LogP contribution in [-0.4, -0.2) is 58.1 Å². The molecule has 0 spiro atoms. The van der Waals surface area contributed by atoms with Crippen LogP contribution >= 0.6 is 0 Å². The van der Waals surface area contributed by atoms with Crippen molar-refractivity contribution in [2.45, 2.75) is 44.4 Å². The Balaban J connectivity index is 1.44. The summed E-state index contributed by atoms with van der Waals surface area (Å²) in [5.41, 5.74) is 0.497. The third kappa shape index (κ3) is 8.23. The number of carbonyl (C=O) groups excluding carboxylic acids is 1. The van der Waals surface area contributed by atoms with Crippen molar-refractivity contribution >= 4 is 21.6 Å². The van der Waals surface area contributed by atoms with E-state index in [4.69, 9.17) is 14.2 Å². The average molecular weight is 505 g/mol. The predicted molar refractivity (Wildman–Crippen MR) is 135 cm³/mol. The number of unbranched alkanes of at least 4 members (excludes halogenated alkanes) is 1. The molecule has 35 heavy (non-hydrogen) atoms. The molecule has 1 heterocycles. The summed E-state index contributed by atoms with van der Waals surface area (Å²) < 4.78 is 43.5. The van der Waals surface area contributed by atoms with Crippen molar-refractivity contribution < 1.29 is 27.4 Å². The van der Waals surface area contributed by atoms with E-state index >= 15 is 0 Å². The molecule has 2 aromatic rings. The minimum absolute atomic E-state index is 0.164. The molecule has 1 unspecified atom stereocenters. The molecular formula is C26H36N2O6S. The molecule has 0 radical (unpaired) electrons. The lowest BCUT2D eigenvalue weighted by molar-refractivity contribution is -0.118. The molecule has 0 bridgehead atoms. The second-order valence-corrected chi connectivity index (χ2v) is 10.5. The van der Waals surface area contributed by atoms with Gasteiger partial charge in [0.15, 0.2) is 6.61 Å². The number of benzene rings is 2. The van der Waals surface area contributed by atoms with E-state index in [-0.39, 0.29) is 17.4 Å². The summed E-state index contributed by atoms with van der Waals surface area (Å²) in [7, 11) is -3.57. The molecule has 1 saturated heterocycles. The fourth-order valence-electron chi connectivity index (χ4n) is 3.74. The van der Waals surface area contributed by atoms with E-state index in [0.29, 0.717) is 50.3 Å². The van der Waals surface area contributed by atoms with Gasteiger partial charge in [0.1, 0.15) is 11.5 Å². The Hall–Kier alpha value is -2.62. The van der Waals surface area contributed by atoms with E-state index in [0.717, 1.165) is 12.2 Å². The number of ether oxygens (including phenoxy) is 3. The van der Waals surface area contributed by atoms with Gasteiger partial charge >= 0.3 is 0 Å². The normalized spacial score (nSPS) is 15.4. The topological polar surface area (TPSA) is 94.2 Å². The summed E-state index contributed by atoms with van der Waals surface area (Å²) in [4.78, 5) is 12.5. The largest absolute Gasteiger partial charge is 0.493 e. The van der Waals surface area contributed by atoms with E-state index in [1.54, 1.807) is 24.3 Å². The van der Waals surface area contributed by atoms with Gasteiger partial charge in [0.2, 0.25) is 10.0 Å². The van der Waals surface area contributed by atoms with Gasteiger partial charge in [0, 0.05) is 18.8 Å². The van der Waals surface area contributed by atoms with E-state index in [1.807, 2.05) is 12.1 Å². The van der Waals surface area contributed by atoms with Crippen LogP contribution in [0, 0.1) is 5.92 Å². The highest BCUT2D eigenvalue weighted by molar-refractivity contribution is 7.89. The Morgan fingerprint density at radius 3 is 2.23 bits per heavy atom. The number of carbonyl (C=O) groups is 1. The van der Waals surface area contributed by atoms with Crippen molar-refractivity contribution in [3.63, 3.8) is 0 Å². The number of nitrogens with one attached hydrogen (secondary N) is 1. The van der Waals surface area contributed by atoms with E-state index in [2.05, 4.69) is 19.2 Å². The van der Waals surface area contributed by atoms with Gasteiger partial charge in [-0.3, -0.25) is 4.79 Å². The number of hydrogen-bond acceptors (Lipinski definition) is 6. The average Bonchev–Trinajstić information content (AvgIpc) is 2.89. The second-order valence-electron chi connectivity index (χ2n) is 8.58. The molecule has 2 aromatic carbocycles. The summed E-state index contributed by atoms with van der Waals surface area (Å²) in [6.07, 6.45) is 4.69. The molecule has 1 aliphatic heterocycles. The fraction of sp³-hybridized carbons (Fsp3) is 0.500. The van der Waals surface area contributed by atoms with Crippen LogP contribution < -0.4 is 14.8 Å². The SMILES string of the molecule is CCCCC(CC)COc1ccc(OCC(=O)Nc2ccc(S(=O)(=O)N3CCOCC3)cc2)cc1. The maximum Gasteiger partial charge on any atom is 0.262 e. The molecule has 192 valence electrons. The highest BCUT2D eigenvalue weighted by atomic mass is 32.2. The summed E-state index contributed by atoms with van der Waals surface area (Å²) in [6.45, 7) is 6.38. The third-order valence-corrected chi connectivity index (χ3v) is 7.88. The Bertz CT molecular complexity index is 1020. The van der Waals surface area contributed by atoms with Crippen molar-refractivity contribution in [1.82, 2.24) is 4.31 Å². The van der Waals surface area contributed by atoms with Gasteiger partial charge in [-0.05, 0) is 60.9 Å². The molecule has 1 aliphatic rings. The third-order valence-electron chi connectivity index (χ3n) is 5.97. The summed E-state index contributed by atoms with van der Waals surface area (Å²) in [5, 5.41) is 2.72. The molecule has 1 fully saturated rings. The first-order valence-electron chi connectivity index (χ1n) is 12.3. The minimum Gasteiger partial charge on any atom is -0.493 e. The summed E-state index contributed by atoms with van der Waals surface area (Å²) >= 11 is 0. The van der Waals surface area contributed by atoms with E-state index in [9.17, 15) is 13.2 Å². The summed E-state index contributed by atoms with van der Waals surface area (Å²) in [5.74, 6) is 1.57. The molecule has 0 aliphatic carbocycles. The zero-order valence-corrected chi connectivity index (χ0v) is 21.4. The number of sulfonamides is 1. The minimum atomic E-state index is -3.57. The van der Waals surface area contributed by atoms with Crippen LogP contribution in [0.5, 0.6) is 11.5 Å². The van der Waals surface area contributed by atoms with Gasteiger partial charge in [-0.2, -0.15) is 4.31 Å². The first-order chi connectivity index (χ1) is 16.9. The van der Waals surface area contributed by atoms with Gasteiger partial charge in [-0.25, -0.2) is 8.42 Å². The molecule has 0 aromatic heterocycles. The maximum absolute atomic E-state index is 12.7. The highest BCUT2D eigenvalue weighted by Crippen LogP contribution is 2.21. The molecule has 8 nitrogen and oxygen atoms in total. The molecule has 3 rings (SSSR count). The van der Waals surface area contributed by atoms with Crippen LogP contribution in [0.25, 0.3) is 0 Å². The zero-order valence-electron chi connectivity index (χ0n) is 20.6. The fourth-order valence-corrected chi connectivity index (χ4v) is 5.14. The van der Waals surface area contributed by atoms with Gasteiger partial charge in [0.05, 0.1) is 24.7 Å². The van der Waals surface area contributed by atoms with Crippen LogP contribution in [0.1, 0.15) is 39.5 Å². The Kier molecular flexibility index (Phi) is 10.4. The number of amides is 1. The van der Waals surface area contributed by atoms with Gasteiger partial charge in [-0.15, -0.1) is 0 Å². The van der Waals surface area contributed by atoms with Crippen molar-refractivity contribution in [3.8, 4) is 11.5 Å². The number of hydrogen-bond donors (Lipinski definition) is 1. The van der Waals surface area contributed by atoms with Crippen molar-refractivity contribution in [2.24, 2.45) is 5.92 Å². The van der Waals surface area contributed by atoms with E-state index < -0.39 is 10.0 Å². The molecule has 9 heteroatoms. The monoisotopic (exact) mass is 504 g/mol. The Morgan fingerprint density at radius 1 is 1.00 bits per heavy atom. The Labute approximate surface area is 208 Å². The van der Waals surface area contributed by atoms with Gasteiger partial charge in [0.25, 0.3) is 5.91 Å². The first-order valence-corrected chi connectivity index (χ1v) is 13.7. The highest BCUT2D eigenvalue weighted by Gasteiger charge is 2.26. The second kappa shape index (κ2) is 13.5. The lowest BCUT2D eigenvalue weighted by Gasteiger charge is -2.26. The quantitative estimate of drug-likeness (QED) is 0.437. The van der Waals surface area contributed by atoms with Crippen LogP contribution in [0.3, 0.4) is 0 Å². The first kappa shape index (κ1) is 27.0. The number of nitrogens with zero attached hydrogens (tertiary/aromatic N) is 1. The molecular weight excluding hydrogens is 468 g/mol. The van der Waals surface area contributed by atoms with Crippen molar-refractivity contribution in [1.29, 1.82) is 0 Å². The zero-order chi connectivity index (χ0) is 25.1. The van der Waals surface area contributed by atoms with Gasteiger partial charge in [-0.1, -0.05) is 33.1 Å². The smallest absolute Gasteiger partial charge is 0.262 e. The van der Waals surface area contributed by atoms with Crippen LogP contribution in [-0.2, 0) is 19.6 Å². The maximum atomic E-state index is 12.7. The molecule has 1 N–H and O–H groups in total. The number of rotatable bonds is 13. The van der Waals surface area contributed by atoms with Crippen molar-refractivity contribution in [3.05, 3.63) is 48.5 Å². The summed E-state index contributed by atoms with van der Waals surface area (Å²) in [6, 6.07) is 13.4. The lowest BCUT2D eigenvalue weighted by atomic mass is 10.0. The molecule has 1 amide bonds. The predicted octanol–water partition coefficient (Wildman–Crippen LogP) is 4.32. The van der Waals surface area contributed by atoms with Crippen LogP contribution in [0.15, 0.2) is 53.4 Å². The molecule has 1 atom stereocenters. The number of morpholine rings is 1. The Morgan fingerprint density at radius 2 is 1.63 bits per heavy atom. The molecule has 0 saturated carbocycles. The lowest BCUT2D eigenvalue weighted by Crippen LogP contribution is -2.40. The van der Waals surface area contributed by atoms with Gasteiger partial charge < -0.3 is 19.5 Å².